The highest BCUT2D eigenvalue weighted by Gasteiger charge is 2.23. The van der Waals surface area contributed by atoms with E-state index in [1.807, 2.05) is 4.72 Å². The van der Waals surface area contributed by atoms with Gasteiger partial charge >= 0.3 is 5.97 Å². The van der Waals surface area contributed by atoms with E-state index in [2.05, 4.69) is 4.74 Å². The third-order valence-corrected chi connectivity index (χ3v) is 4.54. The predicted molar refractivity (Wildman–Crippen MR) is 69.7 cm³/mol. The van der Waals surface area contributed by atoms with Crippen molar-refractivity contribution >= 4 is 39.2 Å². The second-order valence-corrected chi connectivity index (χ2v) is 5.96. The number of methoxy groups -OCH3 is 1. The van der Waals surface area contributed by atoms with E-state index in [-0.39, 0.29) is 14.9 Å². The molecule has 9 heteroatoms. The quantitative estimate of drug-likeness (QED) is 0.780. The second-order valence-electron chi connectivity index (χ2n) is 3.44. The Morgan fingerprint density at radius 3 is 2.68 bits per heavy atom. The fourth-order valence-electron chi connectivity index (χ4n) is 1.18. The smallest absolute Gasteiger partial charge is 0.336 e. The molecule has 1 aromatic rings. The number of sulfonamides is 1. The molecule has 19 heavy (non-hydrogen) atoms. The van der Waals surface area contributed by atoms with Gasteiger partial charge in [-0.2, -0.15) is 0 Å². The average Bonchev–Trinajstić information content (AvgIpc) is 2.38. The third-order valence-electron chi connectivity index (χ3n) is 2.15. The number of ether oxygens (including phenoxy) is 1. The van der Waals surface area contributed by atoms with Crippen LogP contribution in [0.4, 0.5) is 0 Å². The molecule has 1 unspecified atom stereocenters. The Labute approximate surface area is 120 Å². The molecule has 0 aliphatic carbocycles. The predicted octanol–water partition coefficient (Wildman–Crippen LogP) is 0.806. The van der Waals surface area contributed by atoms with Gasteiger partial charge in [0.05, 0.1) is 17.2 Å². The van der Waals surface area contributed by atoms with Crippen LogP contribution in [-0.2, 0) is 19.6 Å². The maximum atomic E-state index is 11.9. The molecule has 1 aromatic carbocycles. The molecule has 1 atom stereocenters. The summed E-state index contributed by atoms with van der Waals surface area (Å²) in [4.78, 5) is 10.7. The number of aliphatic hydroxyl groups excluding tert-OH is 1. The van der Waals surface area contributed by atoms with Crippen molar-refractivity contribution in [2.24, 2.45) is 0 Å². The number of hydrogen-bond acceptors (Lipinski definition) is 5. The van der Waals surface area contributed by atoms with Crippen LogP contribution in [0.25, 0.3) is 0 Å². The maximum absolute atomic E-state index is 11.9. The highest BCUT2D eigenvalue weighted by Crippen LogP contribution is 2.28. The summed E-state index contributed by atoms with van der Waals surface area (Å²) in [6.45, 7) is -0.530. The van der Waals surface area contributed by atoms with Gasteiger partial charge < -0.3 is 9.84 Å². The zero-order chi connectivity index (χ0) is 14.6. The van der Waals surface area contributed by atoms with Gasteiger partial charge in [-0.05, 0) is 12.1 Å². The zero-order valence-electron chi connectivity index (χ0n) is 9.76. The molecule has 0 saturated carbocycles. The van der Waals surface area contributed by atoms with Gasteiger partial charge in [-0.1, -0.05) is 29.3 Å². The molecule has 0 fully saturated rings. The normalized spacial score (nSPS) is 13.1. The van der Waals surface area contributed by atoms with Gasteiger partial charge in [0.1, 0.15) is 4.90 Å². The summed E-state index contributed by atoms with van der Waals surface area (Å²) in [6, 6.07) is 4.10. The number of rotatable bonds is 5. The highest BCUT2D eigenvalue weighted by atomic mass is 35.5. The Morgan fingerprint density at radius 2 is 2.11 bits per heavy atom. The van der Waals surface area contributed by atoms with Crippen LogP contribution in [0.1, 0.15) is 0 Å². The largest absolute Gasteiger partial charge is 0.467 e. The monoisotopic (exact) mass is 327 g/mol. The Morgan fingerprint density at radius 1 is 1.47 bits per heavy atom. The van der Waals surface area contributed by atoms with E-state index < -0.39 is 28.6 Å². The molecule has 0 aliphatic heterocycles. The van der Waals surface area contributed by atoms with Crippen molar-refractivity contribution in [3.8, 4) is 0 Å². The van der Waals surface area contributed by atoms with Crippen LogP contribution in [0.2, 0.25) is 10.0 Å². The van der Waals surface area contributed by atoms with Gasteiger partial charge in [-0.15, -0.1) is 0 Å². The number of nitrogens with one attached hydrogen (secondary N) is 1. The van der Waals surface area contributed by atoms with Gasteiger partial charge in [0, 0.05) is 6.54 Å². The van der Waals surface area contributed by atoms with Crippen molar-refractivity contribution in [1.29, 1.82) is 0 Å². The minimum absolute atomic E-state index is 0.0815. The van der Waals surface area contributed by atoms with Crippen molar-refractivity contribution in [3.05, 3.63) is 28.2 Å². The molecular weight excluding hydrogens is 317 g/mol. The molecule has 6 nitrogen and oxygen atoms in total. The van der Waals surface area contributed by atoms with Crippen LogP contribution in [0.15, 0.2) is 23.1 Å². The summed E-state index contributed by atoms with van der Waals surface area (Å²) < 4.78 is 30.1. The van der Waals surface area contributed by atoms with Crippen molar-refractivity contribution in [2.45, 2.75) is 11.0 Å². The van der Waals surface area contributed by atoms with Gasteiger partial charge in [0.15, 0.2) is 6.10 Å². The van der Waals surface area contributed by atoms with E-state index in [1.165, 1.54) is 18.2 Å². The van der Waals surface area contributed by atoms with Crippen molar-refractivity contribution < 1.29 is 23.1 Å². The maximum Gasteiger partial charge on any atom is 0.336 e. The first-order chi connectivity index (χ1) is 8.79. The first-order valence-electron chi connectivity index (χ1n) is 4.99. The minimum atomic E-state index is -3.98. The molecule has 1 rings (SSSR count). The van der Waals surface area contributed by atoms with Crippen LogP contribution in [0.5, 0.6) is 0 Å². The molecule has 0 aliphatic rings. The topological polar surface area (TPSA) is 92.7 Å². The lowest BCUT2D eigenvalue weighted by Crippen LogP contribution is -2.37. The van der Waals surface area contributed by atoms with Gasteiger partial charge in [0.25, 0.3) is 0 Å². The molecule has 0 amide bonds. The molecular formula is C10H11Cl2NO5S. The second kappa shape index (κ2) is 6.53. The fourth-order valence-corrected chi connectivity index (χ4v) is 2.97. The molecule has 0 aromatic heterocycles. The summed E-state index contributed by atoms with van der Waals surface area (Å²) in [7, 11) is -2.91. The average molecular weight is 328 g/mol. The molecule has 106 valence electrons. The molecule has 0 heterocycles. The van der Waals surface area contributed by atoms with Crippen molar-refractivity contribution in [3.63, 3.8) is 0 Å². The minimum Gasteiger partial charge on any atom is -0.467 e. The van der Waals surface area contributed by atoms with E-state index in [0.29, 0.717) is 0 Å². The Balaban J connectivity index is 2.88. The van der Waals surface area contributed by atoms with Crippen LogP contribution >= 0.6 is 23.2 Å². The van der Waals surface area contributed by atoms with E-state index in [1.54, 1.807) is 0 Å². The van der Waals surface area contributed by atoms with Crippen LogP contribution in [-0.4, -0.2) is 39.3 Å². The van der Waals surface area contributed by atoms with Crippen LogP contribution < -0.4 is 4.72 Å². The standard InChI is InChI=1S/C10H11Cl2NO5S/c1-18-10(15)7(14)5-13-19(16,17)8-4-2-3-6(11)9(8)12/h2-4,7,13-14H,5H2,1H3. The van der Waals surface area contributed by atoms with E-state index >= 15 is 0 Å². The third kappa shape index (κ3) is 4.05. The summed E-state index contributed by atoms with van der Waals surface area (Å²) in [5, 5.41) is 9.24. The number of hydrogen-bond donors (Lipinski definition) is 2. The first kappa shape index (κ1) is 16.2. The number of aliphatic hydroxyl groups is 1. The molecule has 2 N–H and O–H groups in total. The molecule has 0 bridgehead atoms. The lowest BCUT2D eigenvalue weighted by molar-refractivity contribution is -0.149. The summed E-state index contributed by atoms with van der Waals surface area (Å²) in [5.41, 5.74) is 0. The SMILES string of the molecule is COC(=O)C(O)CNS(=O)(=O)c1cccc(Cl)c1Cl. The summed E-state index contributed by atoms with van der Waals surface area (Å²) >= 11 is 11.5. The number of halogens is 2. The van der Waals surface area contributed by atoms with Gasteiger partial charge in [-0.25, -0.2) is 17.9 Å². The van der Waals surface area contributed by atoms with Gasteiger partial charge in [-0.3, -0.25) is 0 Å². The molecule has 0 saturated heterocycles. The molecule has 0 spiro atoms. The zero-order valence-corrected chi connectivity index (χ0v) is 12.1. The highest BCUT2D eigenvalue weighted by molar-refractivity contribution is 7.89. The first-order valence-corrected chi connectivity index (χ1v) is 7.23. The van der Waals surface area contributed by atoms with E-state index in [4.69, 9.17) is 23.2 Å². The van der Waals surface area contributed by atoms with E-state index in [9.17, 15) is 18.3 Å². The van der Waals surface area contributed by atoms with Gasteiger partial charge in [0.2, 0.25) is 10.0 Å². The Kier molecular flexibility index (Phi) is 5.57. The number of carbonyl (C=O) groups is 1. The fraction of sp³-hybridized carbons (Fsp3) is 0.300. The van der Waals surface area contributed by atoms with Crippen molar-refractivity contribution in [2.75, 3.05) is 13.7 Å². The number of benzene rings is 1. The lowest BCUT2D eigenvalue weighted by Gasteiger charge is -2.11. The Bertz CT molecular complexity index is 575. The van der Waals surface area contributed by atoms with Crippen LogP contribution in [0.3, 0.4) is 0 Å². The van der Waals surface area contributed by atoms with E-state index in [0.717, 1.165) is 7.11 Å². The summed E-state index contributed by atoms with van der Waals surface area (Å²) in [6.07, 6.45) is -1.60. The van der Waals surface area contributed by atoms with Crippen molar-refractivity contribution in [1.82, 2.24) is 4.72 Å². The number of esters is 1. The summed E-state index contributed by atoms with van der Waals surface area (Å²) in [5.74, 6) is -0.945. The number of carbonyl (C=O) groups excluding carboxylic acids is 1. The Hall–Kier alpha value is -0.860. The van der Waals surface area contributed by atoms with Crippen LogP contribution in [0, 0.1) is 0 Å². The molecule has 0 radical (unpaired) electrons. The lowest BCUT2D eigenvalue weighted by atomic mass is 10.4.